The number of nitrogens with zero attached hydrogens (tertiary/aromatic N) is 3. The van der Waals surface area contributed by atoms with Crippen molar-refractivity contribution < 1.29 is 21.9 Å². The average molecular weight is 474 g/mol. The molecule has 1 N–H and O–H groups in total. The van der Waals surface area contributed by atoms with Gasteiger partial charge in [0.25, 0.3) is 5.56 Å². The molecule has 0 saturated heterocycles. The number of H-pyrrole nitrogens is 1. The molecule has 1 aromatic carbocycles. The third-order valence-corrected chi connectivity index (χ3v) is 6.33. The fraction of sp³-hybridized carbons (Fsp3) is 0.261. The molecule has 2 heterocycles. The van der Waals surface area contributed by atoms with Gasteiger partial charge in [0.15, 0.2) is 17.5 Å². The van der Waals surface area contributed by atoms with E-state index in [1.807, 2.05) is 0 Å². The Bertz CT molecular complexity index is 1470. The van der Waals surface area contributed by atoms with Crippen molar-refractivity contribution in [2.45, 2.75) is 39.2 Å². The summed E-state index contributed by atoms with van der Waals surface area (Å²) in [6.45, 7) is 5.90. The monoisotopic (exact) mass is 473 g/mol. The Morgan fingerprint density at radius 1 is 1.30 bits per heavy atom. The fourth-order valence-electron chi connectivity index (χ4n) is 3.91. The molecular formula is C23H20F3N4O2S+. The van der Waals surface area contributed by atoms with E-state index in [0.29, 0.717) is 0 Å². The number of carbonyl (C=O) groups excluding carboxylic acids is 1. The van der Waals surface area contributed by atoms with E-state index in [9.17, 15) is 22.8 Å². The Kier molecular flexibility index (Phi) is 6.38. The van der Waals surface area contributed by atoms with Crippen LogP contribution in [0.4, 0.5) is 13.2 Å². The van der Waals surface area contributed by atoms with Crippen LogP contribution in [0.3, 0.4) is 0 Å². The number of rotatable bonds is 4. The normalized spacial score (nSPS) is 12.3. The minimum atomic E-state index is -1.52. The number of hydrogen-bond donors (Lipinski definition) is 1. The van der Waals surface area contributed by atoms with Crippen molar-refractivity contribution in [3.63, 3.8) is 0 Å². The van der Waals surface area contributed by atoms with Gasteiger partial charge in [-0.1, -0.05) is 3.95 Å². The molecule has 1 amide bonds. The standard InChI is InChI=1S/C23H19F3N4O2S/c1-11-17-16(7-6-14(24)19(17)26)29-21(31)18(11)23(3,4)22(32)30(33-5)12(2)20-15(25)8-13(9-27)10-28-20/h6-8,10,12H,5H2,1-4H3/p+1/t12-/m1/s1. The second-order valence-corrected chi connectivity index (χ2v) is 8.65. The molecule has 3 aromatic rings. The molecule has 33 heavy (non-hydrogen) atoms. The van der Waals surface area contributed by atoms with E-state index in [0.717, 1.165) is 27.2 Å². The maximum Gasteiger partial charge on any atom is 0.410 e. The molecule has 0 saturated carbocycles. The molecule has 3 rings (SSSR count). The molecular weight excluding hydrogens is 453 g/mol. The summed E-state index contributed by atoms with van der Waals surface area (Å²) in [6, 6.07) is 4.04. The molecule has 6 nitrogen and oxygen atoms in total. The summed E-state index contributed by atoms with van der Waals surface area (Å²) in [7, 11) is 0. The van der Waals surface area contributed by atoms with Gasteiger partial charge in [0.05, 0.1) is 11.1 Å². The Hall–Kier alpha value is -3.58. The lowest BCUT2D eigenvalue weighted by Crippen LogP contribution is -2.42. The molecule has 10 heteroatoms. The zero-order valence-electron chi connectivity index (χ0n) is 18.3. The van der Waals surface area contributed by atoms with E-state index in [2.05, 4.69) is 15.8 Å². The second-order valence-electron chi connectivity index (χ2n) is 8.00. The first-order chi connectivity index (χ1) is 15.4. The van der Waals surface area contributed by atoms with E-state index in [4.69, 9.17) is 5.26 Å². The number of nitriles is 1. The Balaban J connectivity index is 2.16. The van der Waals surface area contributed by atoms with E-state index < -0.39 is 40.4 Å². The van der Waals surface area contributed by atoms with Crippen LogP contribution in [0.1, 0.15) is 49.2 Å². The molecule has 2 aromatic heterocycles. The minimum absolute atomic E-state index is 0.0246. The molecule has 1 atom stereocenters. The second kappa shape index (κ2) is 8.75. The number of halogens is 3. The lowest BCUT2D eigenvalue weighted by Gasteiger charge is -2.23. The average Bonchev–Trinajstić information content (AvgIpc) is 2.76. The quantitative estimate of drug-likeness (QED) is 0.461. The number of hydrogen-bond acceptors (Lipinski definition) is 4. The van der Waals surface area contributed by atoms with Crippen LogP contribution < -0.4 is 5.56 Å². The van der Waals surface area contributed by atoms with Crippen molar-refractivity contribution in [3.05, 3.63) is 74.6 Å². The van der Waals surface area contributed by atoms with Crippen LogP contribution in [-0.4, -0.2) is 25.7 Å². The highest BCUT2D eigenvalue weighted by molar-refractivity contribution is 7.63. The fourth-order valence-corrected chi connectivity index (χ4v) is 4.58. The molecule has 170 valence electrons. The number of aromatic amines is 1. The van der Waals surface area contributed by atoms with Gasteiger partial charge in [-0.2, -0.15) is 5.26 Å². The van der Waals surface area contributed by atoms with E-state index in [-0.39, 0.29) is 33.3 Å². The van der Waals surface area contributed by atoms with Crippen molar-refractivity contribution in [1.82, 2.24) is 9.97 Å². The van der Waals surface area contributed by atoms with E-state index in [1.54, 1.807) is 6.07 Å². The van der Waals surface area contributed by atoms with Crippen LogP contribution in [0.5, 0.6) is 0 Å². The zero-order valence-corrected chi connectivity index (χ0v) is 19.1. The van der Waals surface area contributed by atoms with E-state index in [1.165, 1.54) is 40.0 Å². The van der Waals surface area contributed by atoms with Gasteiger partial charge in [0.1, 0.15) is 28.3 Å². The molecule has 0 aliphatic heterocycles. The van der Waals surface area contributed by atoms with Gasteiger partial charge in [-0.25, -0.2) is 22.9 Å². The summed E-state index contributed by atoms with van der Waals surface area (Å²) >= 11 is 0.758. The molecule has 0 unspecified atom stereocenters. The van der Waals surface area contributed by atoms with E-state index >= 15 is 0 Å². The Morgan fingerprint density at radius 3 is 2.55 bits per heavy atom. The number of benzene rings is 1. The van der Waals surface area contributed by atoms with Crippen molar-refractivity contribution in [2.24, 2.45) is 0 Å². The first kappa shape index (κ1) is 24.1. The predicted octanol–water partition coefficient (Wildman–Crippen LogP) is 3.80. The number of amides is 1. The third-order valence-electron chi connectivity index (χ3n) is 5.57. The number of aromatic nitrogens is 2. The molecule has 0 bridgehead atoms. The topological polar surface area (TPSA) is 89.6 Å². The predicted molar refractivity (Wildman–Crippen MR) is 119 cm³/mol. The van der Waals surface area contributed by atoms with Crippen molar-refractivity contribution in [2.75, 3.05) is 0 Å². The largest absolute Gasteiger partial charge is 0.410 e. The smallest absolute Gasteiger partial charge is 0.322 e. The summed E-state index contributed by atoms with van der Waals surface area (Å²) in [5.41, 5.74) is -2.05. The first-order valence-corrected chi connectivity index (χ1v) is 10.7. The number of fused-ring (bicyclic) bond motifs is 1. The van der Waals surface area contributed by atoms with Crippen LogP contribution in [0.25, 0.3) is 10.9 Å². The summed E-state index contributed by atoms with van der Waals surface area (Å²) in [6.07, 6.45) is 1.19. The van der Waals surface area contributed by atoms with Crippen molar-refractivity contribution >= 4 is 33.8 Å². The van der Waals surface area contributed by atoms with Gasteiger partial charge in [-0.3, -0.25) is 4.79 Å². The number of aryl methyl sites for hydroxylation is 1. The van der Waals surface area contributed by atoms with Gasteiger partial charge in [0.2, 0.25) is 6.04 Å². The number of nitrogens with one attached hydrogen (secondary N) is 1. The van der Waals surface area contributed by atoms with Crippen molar-refractivity contribution in [3.8, 4) is 6.07 Å². The first-order valence-electron chi connectivity index (χ1n) is 9.78. The SMILES string of the molecule is C=S=[N+](C(=O)C(C)(C)c1c(C)c2c(F)c(F)ccc2[nH]c1=O)[C@H](C)c1ncc(C#N)cc1F. The summed E-state index contributed by atoms with van der Waals surface area (Å²) in [4.78, 5) is 33.0. The van der Waals surface area contributed by atoms with Crippen LogP contribution >= 0.6 is 0 Å². The lowest BCUT2D eigenvalue weighted by molar-refractivity contribution is -0.469. The highest BCUT2D eigenvalue weighted by Gasteiger charge is 2.45. The van der Waals surface area contributed by atoms with Gasteiger partial charge < -0.3 is 4.98 Å². The maximum atomic E-state index is 14.6. The molecule has 0 aliphatic carbocycles. The van der Waals surface area contributed by atoms with Crippen molar-refractivity contribution in [1.29, 1.82) is 5.26 Å². The number of carbonyl (C=O) groups is 1. The number of pyridine rings is 2. The molecule has 0 fully saturated rings. The summed E-state index contributed by atoms with van der Waals surface area (Å²) < 4.78 is 44.1. The van der Waals surface area contributed by atoms with Gasteiger partial charge in [-0.05, 0) is 44.5 Å². The molecule has 0 spiro atoms. The zero-order chi connectivity index (χ0) is 24.7. The minimum Gasteiger partial charge on any atom is -0.322 e. The van der Waals surface area contributed by atoms with Gasteiger partial charge >= 0.3 is 5.91 Å². The highest BCUT2D eigenvalue weighted by atomic mass is 32.1. The third kappa shape index (κ3) is 4.00. The van der Waals surface area contributed by atoms with Crippen LogP contribution in [0.15, 0.2) is 29.2 Å². The Morgan fingerprint density at radius 2 is 1.97 bits per heavy atom. The Labute approximate surface area is 191 Å². The van der Waals surface area contributed by atoms with Gasteiger partial charge in [-0.15, -0.1) is 0 Å². The summed E-state index contributed by atoms with van der Waals surface area (Å²) in [5, 5.41) is 8.78. The molecule has 0 aliphatic rings. The highest BCUT2D eigenvalue weighted by Crippen LogP contribution is 2.32. The van der Waals surface area contributed by atoms with Gasteiger partial charge in [0, 0.05) is 29.9 Å². The molecule has 0 radical (unpaired) electrons. The maximum absolute atomic E-state index is 14.6. The van der Waals surface area contributed by atoms with Crippen LogP contribution in [-0.2, 0) is 21.4 Å². The summed E-state index contributed by atoms with van der Waals surface area (Å²) in [5.74, 6) is 0.0562. The van der Waals surface area contributed by atoms with Crippen LogP contribution in [0.2, 0.25) is 0 Å². The van der Waals surface area contributed by atoms with Crippen LogP contribution in [0, 0.1) is 35.7 Å². The lowest BCUT2D eigenvalue weighted by atomic mass is 9.80.